The third-order valence-corrected chi connectivity index (χ3v) is 4.65. The van der Waals surface area contributed by atoms with E-state index in [2.05, 4.69) is 39.3 Å². The molecule has 0 radical (unpaired) electrons. The van der Waals surface area contributed by atoms with Gasteiger partial charge in [0.25, 0.3) is 0 Å². The Morgan fingerprint density at radius 2 is 2.12 bits per heavy atom. The van der Waals surface area contributed by atoms with Crippen molar-refractivity contribution < 1.29 is 9.32 Å². The van der Waals surface area contributed by atoms with Crippen molar-refractivity contribution in [3.05, 3.63) is 41.8 Å². The summed E-state index contributed by atoms with van der Waals surface area (Å²) in [5, 5.41) is 6.89. The van der Waals surface area contributed by atoms with Gasteiger partial charge in [0.05, 0.1) is 28.6 Å². The molecule has 1 unspecified atom stereocenters. The number of imidazole rings is 1. The fourth-order valence-corrected chi connectivity index (χ4v) is 3.19. The van der Waals surface area contributed by atoms with Gasteiger partial charge in [0, 0.05) is 6.92 Å². The number of thioether (sulfide) groups is 1. The minimum atomic E-state index is -0.159. The molecule has 0 saturated heterocycles. The highest BCUT2D eigenvalue weighted by Crippen LogP contribution is 2.22. The van der Waals surface area contributed by atoms with E-state index >= 15 is 0 Å². The maximum atomic E-state index is 12.3. The smallest absolute Gasteiger partial charge is 0.230 e. The molecular formula is C17H21N5O2S. The number of nitrogens with zero attached hydrogens (tertiary/aromatic N) is 3. The number of hydrogen-bond donors (Lipinski definition) is 2. The van der Waals surface area contributed by atoms with Crippen LogP contribution in [0, 0.1) is 12.8 Å². The summed E-state index contributed by atoms with van der Waals surface area (Å²) in [4.78, 5) is 24.3. The van der Waals surface area contributed by atoms with Crippen molar-refractivity contribution >= 4 is 28.7 Å². The maximum Gasteiger partial charge on any atom is 0.230 e. The van der Waals surface area contributed by atoms with Crippen LogP contribution in [-0.2, 0) is 10.5 Å². The molecule has 0 aliphatic rings. The summed E-state index contributed by atoms with van der Waals surface area (Å²) in [6.07, 6.45) is 0. The monoisotopic (exact) mass is 359 g/mol. The Morgan fingerprint density at radius 3 is 2.80 bits per heavy atom. The SMILES string of the molecule is Cc1nc(CSCC(=O)NC(c2nc3ccccc3[nH]2)C(C)C)no1. The van der Waals surface area contributed by atoms with Gasteiger partial charge in [0.2, 0.25) is 11.8 Å². The number of aromatic nitrogens is 4. The number of aromatic amines is 1. The summed E-state index contributed by atoms with van der Waals surface area (Å²) in [5.74, 6) is 2.97. The topological polar surface area (TPSA) is 96.7 Å². The highest BCUT2D eigenvalue weighted by molar-refractivity contribution is 7.99. The molecule has 0 fully saturated rings. The Kier molecular flexibility index (Phi) is 5.37. The van der Waals surface area contributed by atoms with Crippen molar-refractivity contribution in [2.75, 3.05) is 5.75 Å². The van der Waals surface area contributed by atoms with Crippen LogP contribution in [0.4, 0.5) is 0 Å². The molecule has 0 spiro atoms. The number of amides is 1. The van der Waals surface area contributed by atoms with Gasteiger partial charge < -0.3 is 14.8 Å². The molecule has 0 saturated carbocycles. The van der Waals surface area contributed by atoms with Crippen molar-refractivity contribution in [1.29, 1.82) is 0 Å². The number of nitrogens with one attached hydrogen (secondary N) is 2. The molecule has 7 nitrogen and oxygen atoms in total. The average Bonchev–Trinajstić information content (AvgIpc) is 3.18. The van der Waals surface area contributed by atoms with Crippen LogP contribution in [0.2, 0.25) is 0 Å². The second-order valence-corrected chi connectivity index (χ2v) is 7.14. The number of hydrogen-bond acceptors (Lipinski definition) is 6. The predicted octanol–water partition coefficient (Wildman–Crippen LogP) is 3.00. The molecule has 25 heavy (non-hydrogen) atoms. The number of carbonyl (C=O) groups is 1. The number of carbonyl (C=O) groups excluding carboxylic acids is 1. The zero-order valence-electron chi connectivity index (χ0n) is 14.4. The highest BCUT2D eigenvalue weighted by atomic mass is 32.2. The van der Waals surface area contributed by atoms with Gasteiger partial charge >= 0.3 is 0 Å². The van der Waals surface area contributed by atoms with E-state index in [4.69, 9.17) is 4.52 Å². The van der Waals surface area contributed by atoms with Crippen molar-refractivity contribution in [2.45, 2.75) is 32.6 Å². The van der Waals surface area contributed by atoms with E-state index in [0.29, 0.717) is 23.2 Å². The zero-order valence-corrected chi connectivity index (χ0v) is 15.3. The Morgan fingerprint density at radius 1 is 1.32 bits per heavy atom. The fourth-order valence-electron chi connectivity index (χ4n) is 2.52. The van der Waals surface area contributed by atoms with E-state index < -0.39 is 0 Å². The summed E-state index contributed by atoms with van der Waals surface area (Å²) in [7, 11) is 0. The van der Waals surface area contributed by atoms with Gasteiger partial charge in [-0.2, -0.15) is 4.98 Å². The van der Waals surface area contributed by atoms with Crippen LogP contribution in [0.5, 0.6) is 0 Å². The molecule has 132 valence electrons. The largest absolute Gasteiger partial charge is 0.345 e. The van der Waals surface area contributed by atoms with Crippen LogP contribution in [0.1, 0.15) is 37.4 Å². The van der Waals surface area contributed by atoms with Gasteiger partial charge in [-0.05, 0) is 18.1 Å². The summed E-state index contributed by atoms with van der Waals surface area (Å²) >= 11 is 1.45. The van der Waals surface area contributed by atoms with E-state index in [1.54, 1.807) is 6.92 Å². The molecule has 2 aromatic heterocycles. The quantitative estimate of drug-likeness (QED) is 0.673. The highest BCUT2D eigenvalue weighted by Gasteiger charge is 2.21. The first-order valence-corrected chi connectivity index (χ1v) is 9.29. The standard InChI is InChI=1S/C17H21N5O2S/c1-10(2)16(17-19-12-6-4-5-7-13(12)20-17)21-15(23)9-25-8-14-18-11(3)24-22-14/h4-7,10,16H,8-9H2,1-3H3,(H,19,20)(H,21,23). The van der Waals surface area contributed by atoms with Crippen LogP contribution in [-0.4, -0.2) is 31.8 Å². The average molecular weight is 359 g/mol. The predicted molar refractivity (Wildman–Crippen MR) is 97.0 cm³/mol. The van der Waals surface area contributed by atoms with Crippen molar-refractivity contribution in [1.82, 2.24) is 25.4 Å². The maximum absolute atomic E-state index is 12.3. The Balaban J connectivity index is 1.60. The fraction of sp³-hybridized carbons (Fsp3) is 0.412. The lowest BCUT2D eigenvalue weighted by atomic mass is 10.0. The summed E-state index contributed by atoms with van der Waals surface area (Å²) < 4.78 is 4.92. The number of aryl methyl sites for hydroxylation is 1. The molecular weight excluding hydrogens is 338 g/mol. The molecule has 0 aliphatic carbocycles. The summed E-state index contributed by atoms with van der Waals surface area (Å²) in [6, 6.07) is 7.69. The number of rotatable bonds is 7. The third-order valence-electron chi connectivity index (χ3n) is 3.72. The van der Waals surface area contributed by atoms with E-state index in [1.807, 2.05) is 24.3 Å². The molecule has 1 amide bonds. The van der Waals surface area contributed by atoms with Crippen LogP contribution >= 0.6 is 11.8 Å². The lowest BCUT2D eigenvalue weighted by Gasteiger charge is -2.20. The van der Waals surface area contributed by atoms with E-state index in [9.17, 15) is 4.79 Å². The summed E-state index contributed by atoms with van der Waals surface area (Å²) in [6.45, 7) is 5.87. The number of H-pyrrole nitrogens is 1. The second kappa shape index (κ2) is 7.69. The van der Waals surface area contributed by atoms with Crippen molar-refractivity contribution in [3.63, 3.8) is 0 Å². The molecule has 2 heterocycles. The molecule has 0 aliphatic heterocycles. The first kappa shape index (κ1) is 17.5. The van der Waals surface area contributed by atoms with E-state index in [1.165, 1.54) is 11.8 Å². The van der Waals surface area contributed by atoms with Gasteiger partial charge in [-0.25, -0.2) is 4.98 Å². The molecule has 3 rings (SSSR count). The molecule has 1 atom stereocenters. The minimum Gasteiger partial charge on any atom is -0.345 e. The molecule has 2 N–H and O–H groups in total. The van der Waals surface area contributed by atoms with Gasteiger partial charge in [0.15, 0.2) is 5.82 Å². The third kappa shape index (κ3) is 4.39. The first-order valence-electron chi connectivity index (χ1n) is 8.14. The minimum absolute atomic E-state index is 0.0376. The van der Waals surface area contributed by atoms with Crippen LogP contribution in [0.3, 0.4) is 0 Å². The van der Waals surface area contributed by atoms with Crippen LogP contribution < -0.4 is 5.32 Å². The van der Waals surface area contributed by atoms with Crippen LogP contribution in [0.25, 0.3) is 11.0 Å². The lowest BCUT2D eigenvalue weighted by Crippen LogP contribution is -2.33. The molecule has 3 aromatic rings. The normalized spacial score (nSPS) is 12.6. The molecule has 0 bridgehead atoms. The molecule has 1 aromatic carbocycles. The van der Waals surface area contributed by atoms with Gasteiger partial charge in [0.1, 0.15) is 5.82 Å². The van der Waals surface area contributed by atoms with Gasteiger partial charge in [-0.3, -0.25) is 4.79 Å². The van der Waals surface area contributed by atoms with Crippen molar-refractivity contribution in [2.24, 2.45) is 5.92 Å². The Hall–Kier alpha value is -2.35. The van der Waals surface area contributed by atoms with Gasteiger partial charge in [-0.1, -0.05) is 31.1 Å². The number of fused-ring (bicyclic) bond motifs is 1. The van der Waals surface area contributed by atoms with E-state index in [-0.39, 0.29) is 17.9 Å². The van der Waals surface area contributed by atoms with Gasteiger partial charge in [-0.15, -0.1) is 11.8 Å². The number of para-hydroxylation sites is 2. The number of benzene rings is 1. The Bertz CT molecular complexity index is 824. The Labute approximate surface area is 150 Å². The lowest BCUT2D eigenvalue weighted by molar-refractivity contribution is -0.119. The van der Waals surface area contributed by atoms with E-state index in [0.717, 1.165) is 16.9 Å². The molecule has 8 heteroatoms. The van der Waals surface area contributed by atoms with Crippen molar-refractivity contribution in [3.8, 4) is 0 Å². The second-order valence-electron chi connectivity index (χ2n) is 6.15. The zero-order chi connectivity index (χ0) is 17.8. The summed E-state index contributed by atoms with van der Waals surface area (Å²) in [5.41, 5.74) is 1.87. The first-order chi connectivity index (χ1) is 12.0. The van der Waals surface area contributed by atoms with Crippen LogP contribution in [0.15, 0.2) is 28.8 Å².